The molecule has 0 aliphatic heterocycles. The summed E-state index contributed by atoms with van der Waals surface area (Å²) in [6.45, 7) is 0. The van der Waals surface area contributed by atoms with E-state index >= 15 is 0 Å². The lowest BCUT2D eigenvalue weighted by molar-refractivity contribution is 0.392. The van der Waals surface area contributed by atoms with E-state index in [1.165, 1.54) is 0 Å². The number of nitrogens with two attached hydrogens (primary N) is 1. The minimum atomic E-state index is -0.0685. The van der Waals surface area contributed by atoms with Gasteiger partial charge < -0.3 is 15.2 Å². The van der Waals surface area contributed by atoms with Crippen molar-refractivity contribution in [3.05, 3.63) is 53.9 Å². The van der Waals surface area contributed by atoms with E-state index in [-0.39, 0.29) is 6.04 Å². The van der Waals surface area contributed by atoms with Crippen LogP contribution in [-0.2, 0) is 6.42 Å². The van der Waals surface area contributed by atoms with Gasteiger partial charge in [0.1, 0.15) is 11.5 Å². The monoisotopic (exact) mass is 272 g/mol. The minimum absolute atomic E-state index is 0.0685. The number of aromatic nitrogens is 1. The molecule has 1 aromatic heterocycles. The summed E-state index contributed by atoms with van der Waals surface area (Å²) in [6, 6.07) is 11.6. The number of nitrogens with zero attached hydrogens (tertiary/aromatic N) is 1. The molecule has 0 saturated carbocycles. The maximum atomic E-state index is 6.25. The van der Waals surface area contributed by atoms with Crippen molar-refractivity contribution in [3.63, 3.8) is 0 Å². The molecular weight excluding hydrogens is 252 g/mol. The SMILES string of the molecule is COc1cc(OC)cc(C(N)CCc2ccccn2)c1. The molecule has 0 spiro atoms. The summed E-state index contributed by atoms with van der Waals surface area (Å²) in [5, 5.41) is 0. The summed E-state index contributed by atoms with van der Waals surface area (Å²) in [5.74, 6) is 1.51. The highest BCUT2D eigenvalue weighted by atomic mass is 16.5. The van der Waals surface area contributed by atoms with Crippen LogP contribution in [0.2, 0.25) is 0 Å². The van der Waals surface area contributed by atoms with E-state index in [0.29, 0.717) is 0 Å². The van der Waals surface area contributed by atoms with Crippen LogP contribution in [-0.4, -0.2) is 19.2 Å². The lowest BCUT2D eigenvalue weighted by Crippen LogP contribution is -2.12. The number of benzene rings is 1. The van der Waals surface area contributed by atoms with Gasteiger partial charge >= 0.3 is 0 Å². The molecule has 2 aromatic rings. The fraction of sp³-hybridized carbons (Fsp3) is 0.312. The van der Waals surface area contributed by atoms with Crippen molar-refractivity contribution in [2.24, 2.45) is 5.73 Å². The molecule has 20 heavy (non-hydrogen) atoms. The highest BCUT2D eigenvalue weighted by Crippen LogP contribution is 2.27. The lowest BCUT2D eigenvalue weighted by Gasteiger charge is -2.14. The fourth-order valence-electron chi connectivity index (χ4n) is 2.06. The smallest absolute Gasteiger partial charge is 0.122 e. The maximum absolute atomic E-state index is 6.25. The summed E-state index contributed by atoms with van der Waals surface area (Å²) in [6.07, 6.45) is 3.48. The zero-order valence-electron chi connectivity index (χ0n) is 11.9. The van der Waals surface area contributed by atoms with E-state index in [1.54, 1.807) is 20.4 Å². The van der Waals surface area contributed by atoms with E-state index < -0.39 is 0 Å². The number of rotatable bonds is 6. The predicted octanol–water partition coefficient (Wildman–Crippen LogP) is 2.73. The van der Waals surface area contributed by atoms with Gasteiger partial charge in [0.25, 0.3) is 0 Å². The highest BCUT2D eigenvalue weighted by Gasteiger charge is 2.10. The van der Waals surface area contributed by atoms with Gasteiger partial charge in [0.05, 0.1) is 14.2 Å². The van der Waals surface area contributed by atoms with Crippen LogP contribution in [0.3, 0.4) is 0 Å². The lowest BCUT2D eigenvalue weighted by atomic mass is 10.0. The molecular formula is C16H20N2O2. The standard InChI is InChI=1S/C16H20N2O2/c1-19-14-9-12(10-15(11-14)20-2)16(17)7-6-13-5-3-4-8-18-13/h3-5,8-11,16H,6-7,17H2,1-2H3. The molecule has 0 radical (unpaired) electrons. The van der Waals surface area contributed by atoms with Crippen LogP contribution in [0.5, 0.6) is 11.5 Å². The number of hydrogen-bond donors (Lipinski definition) is 1. The van der Waals surface area contributed by atoms with Crippen LogP contribution in [0.15, 0.2) is 42.6 Å². The van der Waals surface area contributed by atoms with E-state index in [2.05, 4.69) is 4.98 Å². The molecule has 2 rings (SSSR count). The minimum Gasteiger partial charge on any atom is -0.497 e. The van der Waals surface area contributed by atoms with Crippen LogP contribution >= 0.6 is 0 Å². The van der Waals surface area contributed by atoms with Crippen molar-refractivity contribution in [2.45, 2.75) is 18.9 Å². The molecule has 0 bridgehead atoms. The second-order valence-corrected chi connectivity index (χ2v) is 4.61. The van der Waals surface area contributed by atoms with Gasteiger partial charge in [-0.25, -0.2) is 0 Å². The number of ether oxygens (including phenoxy) is 2. The van der Waals surface area contributed by atoms with Crippen molar-refractivity contribution in [1.82, 2.24) is 4.98 Å². The van der Waals surface area contributed by atoms with Crippen molar-refractivity contribution in [2.75, 3.05) is 14.2 Å². The summed E-state index contributed by atoms with van der Waals surface area (Å²) in [4.78, 5) is 4.31. The Labute approximate surface area is 119 Å². The Morgan fingerprint density at radius 3 is 2.35 bits per heavy atom. The molecule has 0 aliphatic rings. The van der Waals surface area contributed by atoms with Gasteiger partial charge in [0.15, 0.2) is 0 Å². The van der Waals surface area contributed by atoms with E-state index in [1.807, 2.05) is 36.4 Å². The number of methoxy groups -OCH3 is 2. The normalized spacial score (nSPS) is 11.9. The predicted molar refractivity (Wildman–Crippen MR) is 79.0 cm³/mol. The Balaban J connectivity index is 2.06. The summed E-state index contributed by atoms with van der Waals surface area (Å²) in [7, 11) is 3.27. The highest BCUT2D eigenvalue weighted by molar-refractivity contribution is 5.39. The average molecular weight is 272 g/mol. The van der Waals surface area contributed by atoms with Crippen LogP contribution in [0.4, 0.5) is 0 Å². The fourth-order valence-corrected chi connectivity index (χ4v) is 2.06. The van der Waals surface area contributed by atoms with Gasteiger partial charge in [0, 0.05) is 24.0 Å². The van der Waals surface area contributed by atoms with Gasteiger partial charge in [-0.15, -0.1) is 0 Å². The second-order valence-electron chi connectivity index (χ2n) is 4.61. The van der Waals surface area contributed by atoms with Crippen LogP contribution < -0.4 is 15.2 Å². The Kier molecular flexibility index (Phi) is 4.96. The molecule has 1 atom stereocenters. The van der Waals surface area contributed by atoms with Gasteiger partial charge in [-0.05, 0) is 42.7 Å². The van der Waals surface area contributed by atoms with Crippen molar-refractivity contribution >= 4 is 0 Å². The number of pyridine rings is 1. The first-order chi connectivity index (χ1) is 9.72. The second kappa shape index (κ2) is 6.91. The van der Waals surface area contributed by atoms with Crippen molar-refractivity contribution in [3.8, 4) is 11.5 Å². The van der Waals surface area contributed by atoms with Crippen LogP contribution in [0.25, 0.3) is 0 Å². The van der Waals surface area contributed by atoms with Gasteiger partial charge in [-0.3, -0.25) is 4.98 Å². The third-order valence-electron chi connectivity index (χ3n) is 3.24. The zero-order valence-corrected chi connectivity index (χ0v) is 11.9. The molecule has 0 aliphatic carbocycles. The molecule has 1 unspecified atom stereocenters. The third kappa shape index (κ3) is 3.71. The number of aryl methyl sites for hydroxylation is 1. The molecule has 2 N–H and O–H groups in total. The molecule has 1 heterocycles. The molecule has 4 nitrogen and oxygen atoms in total. The van der Waals surface area contributed by atoms with Crippen molar-refractivity contribution in [1.29, 1.82) is 0 Å². The molecule has 0 fully saturated rings. The Morgan fingerprint density at radius 2 is 1.80 bits per heavy atom. The first-order valence-electron chi connectivity index (χ1n) is 6.61. The topological polar surface area (TPSA) is 57.4 Å². The Morgan fingerprint density at radius 1 is 1.10 bits per heavy atom. The van der Waals surface area contributed by atoms with Gasteiger partial charge in [0.2, 0.25) is 0 Å². The van der Waals surface area contributed by atoms with Crippen LogP contribution in [0.1, 0.15) is 23.7 Å². The summed E-state index contributed by atoms with van der Waals surface area (Å²) in [5.41, 5.74) is 8.32. The van der Waals surface area contributed by atoms with E-state index in [9.17, 15) is 0 Å². The Hall–Kier alpha value is -2.07. The first-order valence-corrected chi connectivity index (χ1v) is 6.61. The van der Waals surface area contributed by atoms with Gasteiger partial charge in [-0.1, -0.05) is 6.07 Å². The zero-order chi connectivity index (χ0) is 14.4. The molecule has 4 heteroatoms. The molecule has 0 amide bonds. The average Bonchev–Trinajstić information content (AvgIpc) is 2.52. The molecule has 1 aromatic carbocycles. The van der Waals surface area contributed by atoms with Gasteiger partial charge in [-0.2, -0.15) is 0 Å². The first kappa shape index (κ1) is 14.3. The third-order valence-corrected chi connectivity index (χ3v) is 3.24. The van der Waals surface area contributed by atoms with E-state index in [0.717, 1.165) is 35.6 Å². The summed E-state index contributed by atoms with van der Waals surface area (Å²) >= 11 is 0. The van der Waals surface area contributed by atoms with E-state index in [4.69, 9.17) is 15.2 Å². The summed E-state index contributed by atoms with van der Waals surface area (Å²) < 4.78 is 10.5. The largest absolute Gasteiger partial charge is 0.497 e. The Bertz CT molecular complexity index is 521. The van der Waals surface area contributed by atoms with Crippen molar-refractivity contribution < 1.29 is 9.47 Å². The maximum Gasteiger partial charge on any atom is 0.122 e. The molecule has 106 valence electrons. The number of hydrogen-bond acceptors (Lipinski definition) is 4. The quantitative estimate of drug-likeness (QED) is 0.878. The molecule has 0 saturated heterocycles. The van der Waals surface area contributed by atoms with Crippen LogP contribution in [0, 0.1) is 0 Å².